The van der Waals surface area contributed by atoms with Gasteiger partial charge in [-0.3, -0.25) is 4.98 Å². The van der Waals surface area contributed by atoms with Crippen LogP contribution in [0.3, 0.4) is 0 Å². The highest BCUT2D eigenvalue weighted by atomic mass is 32.1. The van der Waals surface area contributed by atoms with Crippen LogP contribution in [0.4, 0.5) is 5.82 Å². The third-order valence-electron chi connectivity index (χ3n) is 4.13. The van der Waals surface area contributed by atoms with Crippen LogP contribution in [0.25, 0.3) is 10.9 Å². The highest BCUT2D eigenvalue weighted by molar-refractivity contribution is 7.10. The number of anilines is 1. The molecule has 4 rings (SSSR count). The summed E-state index contributed by atoms with van der Waals surface area (Å²) in [5.41, 5.74) is 2.53. The van der Waals surface area contributed by atoms with E-state index in [4.69, 9.17) is 0 Å². The van der Waals surface area contributed by atoms with Gasteiger partial charge in [-0.2, -0.15) is 0 Å². The molecule has 0 bridgehead atoms. The summed E-state index contributed by atoms with van der Waals surface area (Å²) in [6, 6.07) is 15.6. The molecule has 0 unspecified atom stereocenters. The largest absolute Gasteiger partial charge is 0.505 e. The van der Waals surface area contributed by atoms with Crippen molar-refractivity contribution in [3.63, 3.8) is 0 Å². The summed E-state index contributed by atoms with van der Waals surface area (Å²) < 4.78 is 0. The normalized spacial score (nSPS) is 12.2. The van der Waals surface area contributed by atoms with Crippen molar-refractivity contribution < 1.29 is 5.11 Å². The number of aromatic hydroxyl groups is 1. The van der Waals surface area contributed by atoms with E-state index in [1.165, 1.54) is 0 Å². The highest BCUT2D eigenvalue weighted by Crippen LogP contribution is 2.37. The van der Waals surface area contributed by atoms with Crippen molar-refractivity contribution in [1.82, 2.24) is 9.97 Å². The fourth-order valence-electron chi connectivity index (χ4n) is 2.90. The molecule has 124 valence electrons. The molecular weight excluding hydrogens is 330 g/mol. The van der Waals surface area contributed by atoms with Gasteiger partial charge < -0.3 is 10.4 Å². The number of nitrogens with one attached hydrogen (secondary N) is 1. The van der Waals surface area contributed by atoms with Gasteiger partial charge in [0.1, 0.15) is 17.1 Å². The van der Waals surface area contributed by atoms with Gasteiger partial charge in [0, 0.05) is 28.2 Å². The summed E-state index contributed by atoms with van der Waals surface area (Å²) >= 11 is 1.64. The first-order valence-electron chi connectivity index (χ1n) is 8.01. The number of phenolic OH excluding ortho intramolecular Hbond substituents is 1. The van der Waals surface area contributed by atoms with Crippen molar-refractivity contribution in [2.24, 2.45) is 0 Å². The van der Waals surface area contributed by atoms with Gasteiger partial charge in [0.15, 0.2) is 0 Å². The molecule has 0 saturated heterocycles. The SMILES string of the molecule is Cc1ccnc(N[C@H](c2cccs2)c2ccc3cccnc3c2O)c1. The predicted octanol–water partition coefficient (Wildman–Crippen LogP) is 4.91. The fourth-order valence-corrected chi connectivity index (χ4v) is 3.69. The zero-order chi connectivity index (χ0) is 17.2. The zero-order valence-corrected chi connectivity index (χ0v) is 14.5. The summed E-state index contributed by atoms with van der Waals surface area (Å²) in [5.74, 6) is 0.982. The Morgan fingerprint density at radius 3 is 2.76 bits per heavy atom. The molecule has 0 aliphatic carbocycles. The number of rotatable bonds is 4. The number of pyridine rings is 2. The number of fused-ring (bicyclic) bond motifs is 1. The number of benzene rings is 1. The van der Waals surface area contributed by atoms with Crippen LogP contribution in [0.1, 0.15) is 22.0 Å². The van der Waals surface area contributed by atoms with Crippen molar-refractivity contribution in [2.75, 3.05) is 5.32 Å². The highest BCUT2D eigenvalue weighted by Gasteiger charge is 2.21. The van der Waals surface area contributed by atoms with Gasteiger partial charge in [-0.15, -0.1) is 11.3 Å². The van der Waals surface area contributed by atoms with Gasteiger partial charge in [-0.1, -0.05) is 24.3 Å². The number of hydrogen-bond acceptors (Lipinski definition) is 5. The molecule has 0 radical (unpaired) electrons. The second-order valence-corrected chi connectivity index (χ2v) is 6.87. The average molecular weight is 347 g/mol. The number of aryl methyl sites for hydroxylation is 1. The van der Waals surface area contributed by atoms with Crippen molar-refractivity contribution in [1.29, 1.82) is 0 Å². The second-order valence-electron chi connectivity index (χ2n) is 5.89. The van der Waals surface area contributed by atoms with Crippen LogP contribution in [0.5, 0.6) is 5.75 Å². The van der Waals surface area contributed by atoms with Crippen LogP contribution in [-0.4, -0.2) is 15.1 Å². The minimum Gasteiger partial charge on any atom is -0.505 e. The fraction of sp³-hybridized carbons (Fsp3) is 0.100. The lowest BCUT2D eigenvalue weighted by Crippen LogP contribution is -2.12. The Balaban J connectivity index is 1.83. The molecular formula is C20H17N3OS. The van der Waals surface area contributed by atoms with E-state index in [0.29, 0.717) is 5.52 Å². The lowest BCUT2D eigenvalue weighted by molar-refractivity contribution is 0.472. The molecule has 0 spiro atoms. The topological polar surface area (TPSA) is 58.0 Å². The number of nitrogens with zero attached hydrogens (tertiary/aromatic N) is 2. The smallest absolute Gasteiger partial charge is 0.147 e. The van der Waals surface area contributed by atoms with E-state index in [9.17, 15) is 5.11 Å². The van der Waals surface area contributed by atoms with Crippen molar-refractivity contribution in [3.8, 4) is 5.75 Å². The standard InChI is InChI=1S/C20H17N3OS/c1-13-8-10-21-17(12-13)23-19(16-5-3-11-25-16)15-7-6-14-4-2-9-22-18(14)20(15)24/h2-12,19,24H,1H3,(H,21,23)/t19-/m0/s1. The summed E-state index contributed by atoms with van der Waals surface area (Å²) in [5, 5.41) is 17.2. The molecule has 0 aliphatic rings. The molecule has 0 fully saturated rings. The lowest BCUT2D eigenvalue weighted by atomic mass is 10.0. The molecule has 1 atom stereocenters. The van der Waals surface area contributed by atoms with Crippen molar-refractivity contribution in [3.05, 3.63) is 82.3 Å². The van der Waals surface area contributed by atoms with Crippen LogP contribution >= 0.6 is 11.3 Å². The summed E-state index contributed by atoms with van der Waals surface area (Å²) in [6.45, 7) is 2.03. The Morgan fingerprint density at radius 2 is 1.96 bits per heavy atom. The van der Waals surface area contributed by atoms with E-state index in [1.807, 2.05) is 54.8 Å². The van der Waals surface area contributed by atoms with Gasteiger partial charge in [-0.05, 0) is 42.1 Å². The van der Waals surface area contributed by atoms with Gasteiger partial charge in [0.05, 0.1) is 6.04 Å². The Kier molecular flexibility index (Phi) is 4.07. The van der Waals surface area contributed by atoms with Crippen LogP contribution < -0.4 is 5.32 Å². The monoisotopic (exact) mass is 347 g/mol. The number of aromatic nitrogens is 2. The van der Waals surface area contributed by atoms with Gasteiger partial charge in [0.2, 0.25) is 0 Å². The molecule has 4 nitrogen and oxygen atoms in total. The summed E-state index contributed by atoms with van der Waals surface area (Å²) in [6.07, 6.45) is 3.48. The van der Waals surface area contributed by atoms with Crippen LogP contribution in [0.15, 0.2) is 66.3 Å². The minimum absolute atomic E-state index is 0.194. The van der Waals surface area contributed by atoms with Crippen LogP contribution in [-0.2, 0) is 0 Å². The molecule has 3 heterocycles. The van der Waals surface area contributed by atoms with Gasteiger partial charge in [0.25, 0.3) is 0 Å². The van der Waals surface area contributed by atoms with E-state index in [0.717, 1.165) is 27.2 Å². The first kappa shape index (κ1) is 15.6. The van der Waals surface area contributed by atoms with E-state index in [-0.39, 0.29) is 11.8 Å². The summed E-state index contributed by atoms with van der Waals surface area (Å²) in [4.78, 5) is 9.84. The molecule has 2 N–H and O–H groups in total. The van der Waals surface area contributed by atoms with Crippen LogP contribution in [0.2, 0.25) is 0 Å². The minimum atomic E-state index is -0.194. The molecule has 0 amide bonds. The molecule has 25 heavy (non-hydrogen) atoms. The van der Waals surface area contributed by atoms with E-state index in [2.05, 4.69) is 21.4 Å². The quantitative estimate of drug-likeness (QED) is 0.551. The Labute approximate surface area is 149 Å². The maximum absolute atomic E-state index is 10.8. The van der Waals surface area contributed by atoms with Crippen LogP contribution in [0, 0.1) is 6.92 Å². The van der Waals surface area contributed by atoms with E-state index < -0.39 is 0 Å². The average Bonchev–Trinajstić information content (AvgIpc) is 3.15. The first-order valence-corrected chi connectivity index (χ1v) is 8.89. The second kappa shape index (κ2) is 6.53. The maximum Gasteiger partial charge on any atom is 0.147 e. The maximum atomic E-state index is 10.8. The van der Waals surface area contributed by atoms with E-state index in [1.54, 1.807) is 23.7 Å². The Hall–Kier alpha value is -2.92. The molecule has 0 aliphatic heterocycles. The molecule has 3 aromatic heterocycles. The molecule has 5 heteroatoms. The lowest BCUT2D eigenvalue weighted by Gasteiger charge is -2.20. The zero-order valence-electron chi connectivity index (χ0n) is 13.7. The van der Waals surface area contributed by atoms with E-state index >= 15 is 0 Å². The number of phenols is 1. The van der Waals surface area contributed by atoms with Crippen molar-refractivity contribution in [2.45, 2.75) is 13.0 Å². The van der Waals surface area contributed by atoms with Crippen molar-refractivity contribution >= 4 is 28.1 Å². The third kappa shape index (κ3) is 3.06. The predicted molar refractivity (Wildman–Crippen MR) is 102 cm³/mol. The first-order chi connectivity index (χ1) is 12.2. The molecule has 0 saturated carbocycles. The van der Waals surface area contributed by atoms with Gasteiger partial charge in [-0.25, -0.2) is 4.98 Å². The Bertz CT molecular complexity index is 1010. The third-order valence-corrected chi connectivity index (χ3v) is 5.06. The Morgan fingerprint density at radius 1 is 1.04 bits per heavy atom. The van der Waals surface area contributed by atoms with Gasteiger partial charge >= 0.3 is 0 Å². The molecule has 4 aromatic rings. The summed E-state index contributed by atoms with van der Waals surface area (Å²) in [7, 11) is 0. The molecule has 1 aromatic carbocycles. The number of hydrogen-bond donors (Lipinski definition) is 2. The number of thiophene rings is 1.